The second kappa shape index (κ2) is 6.36. The lowest BCUT2D eigenvalue weighted by Gasteiger charge is -2.16. The van der Waals surface area contributed by atoms with E-state index >= 15 is 0 Å². The smallest absolute Gasteiger partial charge is 0.345 e. The summed E-state index contributed by atoms with van der Waals surface area (Å²) in [6, 6.07) is 6.13. The summed E-state index contributed by atoms with van der Waals surface area (Å²) in [5, 5.41) is 2.38. The number of hydrogen-bond donors (Lipinski definition) is 1. The minimum Gasteiger partial charge on any atom is -0.345 e. The van der Waals surface area contributed by atoms with Gasteiger partial charge in [0.05, 0.1) is 17.2 Å². The first-order chi connectivity index (χ1) is 10.7. The molecule has 1 amide bonds. The Kier molecular flexibility index (Phi) is 4.68. The average Bonchev–Trinajstić information content (AvgIpc) is 2.46. The molecule has 7 heteroatoms. The van der Waals surface area contributed by atoms with Crippen LogP contribution in [0, 0.1) is 11.6 Å². The number of rotatable bonds is 3. The van der Waals surface area contributed by atoms with Crippen molar-refractivity contribution in [2.45, 2.75) is 19.1 Å². The third kappa shape index (κ3) is 4.06. The SMILES string of the molecule is CC(NC(=O)c1ccc(F)cc1F)c1cccc(C(F)(F)F)c1. The molecular weight excluding hydrogens is 317 g/mol. The molecule has 1 unspecified atom stereocenters. The normalized spacial score (nSPS) is 12.8. The van der Waals surface area contributed by atoms with Crippen LogP contribution < -0.4 is 5.32 Å². The summed E-state index contributed by atoms with van der Waals surface area (Å²) in [5.41, 5.74) is -1.01. The van der Waals surface area contributed by atoms with Crippen molar-refractivity contribution in [2.75, 3.05) is 0 Å². The largest absolute Gasteiger partial charge is 0.416 e. The van der Waals surface area contributed by atoms with Gasteiger partial charge in [-0.25, -0.2) is 8.78 Å². The Morgan fingerprint density at radius 1 is 1.09 bits per heavy atom. The molecule has 2 aromatic carbocycles. The van der Waals surface area contributed by atoms with Crippen molar-refractivity contribution in [1.29, 1.82) is 0 Å². The van der Waals surface area contributed by atoms with E-state index in [4.69, 9.17) is 0 Å². The average molecular weight is 329 g/mol. The molecule has 0 spiro atoms. The van der Waals surface area contributed by atoms with E-state index < -0.39 is 35.3 Å². The number of hydrogen-bond acceptors (Lipinski definition) is 1. The molecule has 0 aliphatic rings. The van der Waals surface area contributed by atoms with E-state index in [1.165, 1.54) is 19.1 Å². The zero-order valence-corrected chi connectivity index (χ0v) is 11.9. The van der Waals surface area contributed by atoms with Crippen molar-refractivity contribution in [1.82, 2.24) is 5.32 Å². The summed E-state index contributed by atoms with van der Waals surface area (Å²) in [6.07, 6.45) is -4.50. The highest BCUT2D eigenvalue weighted by Gasteiger charge is 2.30. The van der Waals surface area contributed by atoms with E-state index in [2.05, 4.69) is 5.32 Å². The maximum atomic E-state index is 13.5. The monoisotopic (exact) mass is 329 g/mol. The van der Waals surface area contributed by atoms with Gasteiger partial charge in [-0.1, -0.05) is 12.1 Å². The van der Waals surface area contributed by atoms with E-state index in [1.807, 2.05) is 0 Å². The molecule has 0 radical (unpaired) electrons. The predicted octanol–water partition coefficient (Wildman–Crippen LogP) is 4.47. The minimum absolute atomic E-state index is 0.218. The topological polar surface area (TPSA) is 29.1 Å². The van der Waals surface area contributed by atoms with Crippen molar-refractivity contribution >= 4 is 5.91 Å². The molecule has 0 saturated carbocycles. The van der Waals surface area contributed by atoms with Gasteiger partial charge in [-0.2, -0.15) is 13.2 Å². The van der Waals surface area contributed by atoms with Gasteiger partial charge in [0.15, 0.2) is 0 Å². The molecule has 23 heavy (non-hydrogen) atoms. The fourth-order valence-corrected chi connectivity index (χ4v) is 2.02. The maximum absolute atomic E-state index is 13.5. The second-order valence-electron chi connectivity index (χ2n) is 4.94. The third-order valence-corrected chi connectivity index (χ3v) is 3.24. The zero-order valence-electron chi connectivity index (χ0n) is 11.9. The van der Waals surface area contributed by atoms with Gasteiger partial charge in [0, 0.05) is 6.07 Å². The molecule has 122 valence electrons. The molecule has 2 rings (SSSR count). The Labute approximate surface area is 128 Å². The quantitative estimate of drug-likeness (QED) is 0.827. The molecule has 0 aromatic heterocycles. The highest BCUT2D eigenvalue weighted by atomic mass is 19.4. The van der Waals surface area contributed by atoms with Gasteiger partial charge in [0.25, 0.3) is 5.91 Å². The second-order valence-corrected chi connectivity index (χ2v) is 4.94. The van der Waals surface area contributed by atoms with Crippen LogP contribution in [0.5, 0.6) is 0 Å². The molecule has 2 nitrogen and oxygen atoms in total. The Hall–Kier alpha value is -2.44. The Balaban J connectivity index is 2.18. The van der Waals surface area contributed by atoms with Crippen molar-refractivity contribution in [3.05, 3.63) is 70.8 Å². The molecule has 1 N–H and O–H groups in total. The molecule has 2 aromatic rings. The van der Waals surface area contributed by atoms with Crippen LogP contribution in [-0.4, -0.2) is 5.91 Å². The van der Waals surface area contributed by atoms with Crippen LogP contribution in [0.1, 0.15) is 34.5 Å². The van der Waals surface area contributed by atoms with Gasteiger partial charge in [0.2, 0.25) is 0 Å². The standard InChI is InChI=1S/C16H12F5NO/c1-9(10-3-2-4-11(7-10)16(19,20)21)22-15(23)13-6-5-12(17)8-14(13)18/h2-9H,1H3,(H,22,23). The van der Waals surface area contributed by atoms with Gasteiger partial charge in [0.1, 0.15) is 11.6 Å². The maximum Gasteiger partial charge on any atom is 0.416 e. The highest BCUT2D eigenvalue weighted by molar-refractivity contribution is 5.94. The van der Waals surface area contributed by atoms with Gasteiger partial charge < -0.3 is 5.32 Å². The summed E-state index contributed by atoms with van der Waals surface area (Å²) in [7, 11) is 0. The van der Waals surface area contributed by atoms with Crippen LogP contribution in [0.25, 0.3) is 0 Å². The number of carbonyl (C=O) groups excluding carboxylic acids is 1. The Morgan fingerprint density at radius 2 is 1.78 bits per heavy atom. The lowest BCUT2D eigenvalue weighted by molar-refractivity contribution is -0.137. The van der Waals surface area contributed by atoms with Crippen molar-refractivity contribution in [3.8, 4) is 0 Å². The molecular formula is C16H12F5NO. The molecule has 0 aliphatic heterocycles. The number of alkyl halides is 3. The van der Waals surface area contributed by atoms with Gasteiger partial charge in [-0.15, -0.1) is 0 Å². The van der Waals surface area contributed by atoms with Gasteiger partial charge in [-0.3, -0.25) is 4.79 Å². The number of benzene rings is 2. The van der Waals surface area contributed by atoms with E-state index in [1.54, 1.807) is 0 Å². The first-order valence-corrected chi connectivity index (χ1v) is 6.61. The summed E-state index contributed by atoms with van der Waals surface area (Å²) in [4.78, 5) is 11.9. The zero-order chi connectivity index (χ0) is 17.2. The number of carbonyl (C=O) groups is 1. The molecule has 1 atom stereocenters. The Bertz CT molecular complexity index is 727. The van der Waals surface area contributed by atoms with Gasteiger partial charge in [-0.05, 0) is 36.8 Å². The first-order valence-electron chi connectivity index (χ1n) is 6.61. The van der Waals surface area contributed by atoms with Crippen molar-refractivity contribution < 1.29 is 26.7 Å². The van der Waals surface area contributed by atoms with E-state index in [-0.39, 0.29) is 11.1 Å². The van der Waals surface area contributed by atoms with Crippen LogP contribution >= 0.6 is 0 Å². The summed E-state index contributed by atoms with van der Waals surface area (Å²) in [6.45, 7) is 1.47. The lowest BCUT2D eigenvalue weighted by Crippen LogP contribution is -2.27. The van der Waals surface area contributed by atoms with E-state index in [0.717, 1.165) is 24.3 Å². The summed E-state index contributed by atoms with van der Waals surface area (Å²) in [5.74, 6) is -2.71. The van der Waals surface area contributed by atoms with Crippen LogP contribution in [0.2, 0.25) is 0 Å². The number of halogens is 5. The predicted molar refractivity (Wildman–Crippen MR) is 73.7 cm³/mol. The van der Waals surface area contributed by atoms with Crippen LogP contribution in [0.3, 0.4) is 0 Å². The van der Waals surface area contributed by atoms with Gasteiger partial charge >= 0.3 is 6.18 Å². The molecule has 0 heterocycles. The fraction of sp³-hybridized carbons (Fsp3) is 0.188. The third-order valence-electron chi connectivity index (χ3n) is 3.24. The fourth-order valence-electron chi connectivity index (χ4n) is 2.02. The van der Waals surface area contributed by atoms with Crippen molar-refractivity contribution in [3.63, 3.8) is 0 Å². The highest BCUT2D eigenvalue weighted by Crippen LogP contribution is 2.30. The van der Waals surface area contributed by atoms with Crippen LogP contribution in [0.4, 0.5) is 22.0 Å². The Morgan fingerprint density at radius 3 is 2.39 bits per heavy atom. The molecule has 0 aliphatic carbocycles. The van der Waals surface area contributed by atoms with E-state index in [0.29, 0.717) is 6.07 Å². The molecule has 0 bridgehead atoms. The van der Waals surface area contributed by atoms with E-state index in [9.17, 15) is 26.7 Å². The first kappa shape index (κ1) is 16.9. The summed E-state index contributed by atoms with van der Waals surface area (Å²) >= 11 is 0. The van der Waals surface area contributed by atoms with Crippen LogP contribution in [0.15, 0.2) is 42.5 Å². The molecule has 0 saturated heterocycles. The minimum atomic E-state index is -4.50. The number of nitrogens with one attached hydrogen (secondary N) is 1. The molecule has 0 fully saturated rings. The van der Waals surface area contributed by atoms with Crippen molar-refractivity contribution in [2.24, 2.45) is 0 Å². The number of amides is 1. The van der Waals surface area contributed by atoms with Crippen LogP contribution in [-0.2, 0) is 6.18 Å². The summed E-state index contributed by atoms with van der Waals surface area (Å²) < 4.78 is 64.4. The lowest BCUT2D eigenvalue weighted by atomic mass is 10.0.